The van der Waals surface area contributed by atoms with Crippen LogP contribution in [0.4, 0.5) is 5.69 Å². The molecule has 1 aromatic carbocycles. The summed E-state index contributed by atoms with van der Waals surface area (Å²) in [7, 11) is 0. The molecule has 0 unspecified atom stereocenters. The van der Waals surface area contributed by atoms with Gasteiger partial charge in [-0.3, -0.25) is 9.59 Å². The summed E-state index contributed by atoms with van der Waals surface area (Å²) in [5.41, 5.74) is 1.82. The van der Waals surface area contributed by atoms with Gasteiger partial charge < -0.3 is 10.1 Å². The van der Waals surface area contributed by atoms with Gasteiger partial charge in [-0.25, -0.2) is 0 Å². The minimum absolute atomic E-state index is 0.0421. The quantitative estimate of drug-likeness (QED) is 0.749. The summed E-state index contributed by atoms with van der Waals surface area (Å²) >= 11 is 4.28. The molecule has 2 bridgehead atoms. The third-order valence-electron chi connectivity index (χ3n) is 6.10. The summed E-state index contributed by atoms with van der Waals surface area (Å²) in [6.07, 6.45) is 5.60. The zero-order valence-corrected chi connectivity index (χ0v) is 17.4. The van der Waals surface area contributed by atoms with Crippen LogP contribution >= 0.6 is 23.5 Å². The lowest BCUT2D eigenvalue weighted by molar-refractivity contribution is -0.154. The van der Waals surface area contributed by atoms with Crippen molar-refractivity contribution in [1.82, 2.24) is 0 Å². The highest BCUT2D eigenvalue weighted by molar-refractivity contribution is 8.21. The molecule has 4 nitrogen and oxygen atoms in total. The van der Waals surface area contributed by atoms with Crippen LogP contribution in [0.5, 0.6) is 0 Å². The normalized spacial score (nSPS) is 28.7. The first-order chi connectivity index (χ1) is 13.1. The lowest BCUT2D eigenvalue weighted by Gasteiger charge is -2.51. The predicted molar refractivity (Wildman–Crippen MR) is 112 cm³/mol. The summed E-state index contributed by atoms with van der Waals surface area (Å²) in [5, 5.41) is 2.80. The SMILES string of the molecule is Cc1cccc(NC(=O)COC(=O)C2C[C@H]3CCC[C@H](C2)C32SCCS2)c1. The van der Waals surface area contributed by atoms with E-state index in [1.165, 1.54) is 30.8 Å². The molecular formula is C21H27NO3S2. The van der Waals surface area contributed by atoms with E-state index in [1.807, 2.05) is 31.2 Å². The van der Waals surface area contributed by atoms with Crippen LogP contribution in [0.3, 0.4) is 0 Å². The third-order valence-corrected chi connectivity index (χ3v) is 10.1. The van der Waals surface area contributed by atoms with Crippen molar-refractivity contribution < 1.29 is 14.3 Å². The van der Waals surface area contributed by atoms with Gasteiger partial charge in [-0.05, 0) is 62.1 Å². The van der Waals surface area contributed by atoms with Gasteiger partial charge >= 0.3 is 5.97 Å². The van der Waals surface area contributed by atoms with Gasteiger partial charge in [0.25, 0.3) is 5.91 Å². The van der Waals surface area contributed by atoms with Gasteiger partial charge in [0.15, 0.2) is 6.61 Å². The maximum absolute atomic E-state index is 12.6. The molecule has 2 atom stereocenters. The summed E-state index contributed by atoms with van der Waals surface area (Å²) < 4.78 is 5.76. The van der Waals surface area contributed by atoms with E-state index in [4.69, 9.17) is 4.74 Å². The number of aryl methyl sites for hydroxylation is 1. The first kappa shape index (κ1) is 19.2. The van der Waals surface area contributed by atoms with Crippen LogP contribution < -0.4 is 5.32 Å². The van der Waals surface area contributed by atoms with Gasteiger partial charge in [0.1, 0.15) is 0 Å². The monoisotopic (exact) mass is 405 g/mol. The summed E-state index contributed by atoms with van der Waals surface area (Å²) in [4.78, 5) is 24.7. The number of hydrogen-bond donors (Lipinski definition) is 1. The number of benzene rings is 1. The fraction of sp³-hybridized carbons (Fsp3) is 0.619. The number of nitrogens with one attached hydrogen (secondary N) is 1. The third kappa shape index (κ3) is 4.02. The Hall–Kier alpha value is -1.14. The molecule has 3 aliphatic rings. The molecule has 0 aromatic heterocycles. The predicted octanol–water partition coefficient (Wildman–Crippen LogP) is 4.48. The van der Waals surface area contributed by atoms with E-state index in [-0.39, 0.29) is 24.4 Å². The Kier molecular flexibility index (Phi) is 5.74. The molecular weight excluding hydrogens is 378 g/mol. The van der Waals surface area contributed by atoms with Crippen molar-refractivity contribution in [3.8, 4) is 0 Å². The van der Waals surface area contributed by atoms with Gasteiger partial charge in [-0.1, -0.05) is 18.6 Å². The van der Waals surface area contributed by atoms with Gasteiger partial charge in [0, 0.05) is 17.2 Å². The van der Waals surface area contributed by atoms with Crippen LogP contribution in [0, 0.1) is 24.7 Å². The van der Waals surface area contributed by atoms with Crippen molar-refractivity contribution in [3.63, 3.8) is 0 Å². The van der Waals surface area contributed by atoms with Crippen molar-refractivity contribution in [1.29, 1.82) is 0 Å². The topological polar surface area (TPSA) is 55.4 Å². The molecule has 4 rings (SSSR count). The number of carbonyl (C=O) groups excluding carboxylic acids is 2. The van der Waals surface area contributed by atoms with Crippen molar-refractivity contribution in [2.24, 2.45) is 17.8 Å². The molecule has 1 saturated heterocycles. The van der Waals surface area contributed by atoms with Crippen molar-refractivity contribution >= 4 is 41.1 Å². The Bertz CT molecular complexity index is 701. The van der Waals surface area contributed by atoms with E-state index >= 15 is 0 Å². The molecule has 2 saturated carbocycles. The van der Waals surface area contributed by atoms with Gasteiger partial charge in [-0.15, -0.1) is 23.5 Å². The number of thioether (sulfide) groups is 2. The molecule has 1 spiro atoms. The summed E-state index contributed by atoms with van der Waals surface area (Å²) in [6.45, 7) is 1.77. The van der Waals surface area contributed by atoms with Gasteiger partial charge in [0.05, 0.1) is 10.00 Å². The molecule has 1 aliphatic heterocycles. The van der Waals surface area contributed by atoms with E-state index in [0.29, 0.717) is 15.9 Å². The lowest BCUT2D eigenvalue weighted by atomic mass is 9.67. The Balaban J connectivity index is 1.31. The molecule has 3 fully saturated rings. The van der Waals surface area contributed by atoms with Crippen LogP contribution in [0.2, 0.25) is 0 Å². The minimum atomic E-state index is -0.275. The molecule has 6 heteroatoms. The zero-order valence-electron chi connectivity index (χ0n) is 15.7. The highest BCUT2D eigenvalue weighted by Gasteiger charge is 2.55. The molecule has 2 aliphatic carbocycles. The van der Waals surface area contributed by atoms with Crippen molar-refractivity contribution in [2.45, 2.75) is 43.1 Å². The number of rotatable bonds is 4. The van der Waals surface area contributed by atoms with Gasteiger partial charge in [0.2, 0.25) is 0 Å². The molecule has 1 heterocycles. The van der Waals surface area contributed by atoms with E-state index in [1.54, 1.807) is 0 Å². The second-order valence-electron chi connectivity index (χ2n) is 7.94. The average molecular weight is 406 g/mol. The van der Waals surface area contributed by atoms with Gasteiger partial charge in [-0.2, -0.15) is 0 Å². The number of carbonyl (C=O) groups is 2. The summed E-state index contributed by atoms with van der Waals surface area (Å²) in [5.74, 6) is 3.21. The Labute approximate surface area is 169 Å². The van der Waals surface area contributed by atoms with Crippen molar-refractivity contribution in [3.05, 3.63) is 29.8 Å². The molecule has 1 N–H and O–H groups in total. The first-order valence-electron chi connectivity index (χ1n) is 9.88. The molecule has 0 radical (unpaired) electrons. The van der Waals surface area contributed by atoms with Crippen LogP contribution in [0.15, 0.2) is 24.3 Å². The number of hydrogen-bond acceptors (Lipinski definition) is 5. The molecule has 1 aromatic rings. The van der Waals surface area contributed by atoms with Crippen LogP contribution in [0.25, 0.3) is 0 Å². The van der Waals surface area contributed by atoms with E-state index < -0.39 is 0 Å². The number of amides is 1. The van der Waals surface area contributed by atoms with Crippen LogP contribution in [0.1, 0.15) is 37.7 Å². The average Bonchev–Trinajstić information content (AvgIpc) is 3.09. The van der Waals surface area contributed by atoms with Crippen molar-refractivity contribution in [2.75, 3.05) is 23.4 Å². The Morgan fingerprint density at radius 1 is 1.19 bits per heavy atom. The Morgan fingerprint density at radius 3 is 2.56 bits per heavy atom. The maximum Gasteiger partial charge on any atom is 0.309 e. The lowest BCUT2D eigenvalue weighted by Crippen LogP contribution is -2.48. The second kappa shape index (κ2) is 8.08. The Morgan fingerprint density at radius 2 is 1.89 bits per heavy atom. The minimum Gasteiger partial charge on any atom is -0.455 e. The standard InChI is InChI=1S/C21H27NO3S2/c1-14-4-2-7-18(10-14)22-19(23)13-25-20(24)15-11-16-5-3-6-17(12-15)21(16)26-8-9-27-21/h2,4,7,10,15-17H,3,5-6,8-9,11-13H2,1H3,(H,22,23)/t16-,17-/m1/s1. The first-order valence-corrected chi connectivity index (χ1v) is 11.8. The largest absolute Gasteiger partial charge is 0.455 e. The fourth-order valence-electron chi connectivity index (χ4n) is 4.98. The van der Waals surface area contributed by atoms with E-state index in [0.717, 1.165) is 24.1 Å². The maximum atomic E-state index is 12.6. The zero-order chi connectivity index (χ0) is 18.9. The second-order valence-corrected chi connectivity index (χ2v) is 10.9. The smallest absolute Gasteiger partial charge is 0.309 e. The van der Waals surface area contributed by atoms with Crippen LogP contribution in [-0.2, 0) is 14.3 Å². The molecule has 27 heavy (non-hydrogen) atoms. The van der Waals surface area contributed by atoms with E-state index in [2.05, 4.69) is 28.8 Å². The number of esters is 1. The number of anilines is 1. The number of ether oxygens (including phenoxy) is 1. The highest BCUT2D eigenvalue weighted by Crippen LogP contribution is 2.64. The molecule has 1 amide bonds. The highest BCUT2D eigenvalue weighted by atomic mass is 32.2. The van der Waals surface area contributed by atoms with E-state index in [9.17, 15) is 9.59 Å². The molecule has 146 valence electrons. The summed E-state index contributed by atoms with van der Waals surface area (Å²) in [6, 6.07) is 7.61. The van der Waals surface area contributed by atoms with Crippen LogP contribution in [-0.4, -0.2) is 34.1 Å². The fourth-order valence-corrected chi connectivity index (χ4v) is 8.91.